The first-order chi connectivity index (χ1) is 3.77. The average Bonchev–Trinajstić information content (AvgIpc) is 1.66. The summed E-state index contributed by atoms with van der Waals surface area (Å²) >= 11 is 0. The third kappa shape index (κ3) is 5.28. The van der Waals surface area contributed by atoms with Crippen LogP contribution in [-0.2, 0) is 0 Å². The minimum atomic E-state index is 0.111. The molecule has 0 amide bonds. The monoisotopic (exact) mass is 114 g/mol. The summed E-state index contributed by atoms with van der Waals surface area (Å²) < 4.78 is 0. The number of aliphatic hydroxyl groups is 2. The molecular weight excluding hydrogens is 104 g/mol. The number of hydrogen-bond acceptors (Lipinski definition) is 2. The molecule has 46 valence electrons. The van der Waals surface area contributed by atoms with Gasteiger partial charge >= 0.3 is 0 Å². The van der Waals surface area contributed by atoms with Crippen molar-refractivity contribution >= 4 is 0 Å². The molecular formula is C6H10O2. The summed E-state index contributed by atoms with van der Waals surface area (Å²) in [6.45, 7) is 1.65. The molecule has 0 saturated heterocycles. The molecule has 0 unspecified atom stereocenters. The Morgan fingerprint density at radius 3 is 2.75 bits per heavy atom. The fourth-order valence-corrected chi connectivity index (χ4v) is 0.284. The van der Waals surface area contributed by atoms with Crippen LogP contribution in [0.3, 0.4) is 0 Å². The Morgan fingerprint density at radius 2 is 2.38 bits per heavy atom. The van der Waals surface area contributed by atoms with E-state index in [9.17, 15) is 0 Å². The van der Waals surface area contributed by atoms with Gasteiger partial charge in [-0.3, -0.25) is 0 Å². The normalized spacial score (nSPS) is 7.75. The fourth-order valence-electron chi connectivity index (χ4n) is 0.284. The first-order valence-corrected chi connectivity index (χ1v) is 2.49. The van der Waals surface area contributed by atoms with Gasteiger partial charge in [-0.15, -0.1) is 0 Å². The first kappa shape index (κ1) is 7.28. The van der Waals surface area contributed by atoms with E-state index in [1.165, 1.54) is 6.92 Å². The number of rotatable bonds is 2. The Morgan fingerprint density at radius 1 is 1.75 bits per heavy atom. The molecule has 0 fully saturated rings. The summed E-state index contributed by atoms with van der Waals surface area (Å²) in [6, 6.07) is 0. The SMILES string of the molecule is CC(O)=C=CCCO. The Balaban J connectivity index is 3.48. The van der Waals surface area contributed by atoms with E-state index in [2.05, 4.69) is 5.73 Å². The van der Waals surface area contributed by atoms with Crippen LogP contribution in [0.25, 0.3) is 0 Å². The summed E-state index contributed by atoms with van der Waals surface area (Å²) in [5, 5.41) is 16.7. The van der Waals surface area contributed by atoms with Crippen LogP contribution in [0.15, 0.2) is 17.6 Å². The molecule has 2 nitrogen and oxygen atoms in total. The maximum Gasteiger partial charge on any atom is 0.131 e. The van der Waals surface area contributed by atoms with Crippen molar-refractivity contribution in [3.05, 3.63) is 17.6 Å². The van der Waals surface area contributed by atoms with Crippen LogP contribution < -0.4 is 0 Å². The Kier molecular flexibility index (Phi) is 4.04. The quantitative estimate of drug-likeness (QED) is 0.415. The molecule has 2 heteroatoms. The summed E-state index contributed by atoms with van der Waals surface area (Å²) in [4.78, 5) is 0. The first-order valence-electron chi connectivity index (χ1n) is 2.49. The van der Waals surface area contributed by atoms with Crippen LogP contribution in [-0.4, -0.2) is 16.8 Å². The van der Waals surface area contributed by atoms with Crippen LogP contribution in [0.1, 0.15) is 13.3 Å². The zero-order chi connectivity index (χ0) is 6.41. The Hall–Kier alpha value is -0.720. The zero-order valence-corrected chi connectivity index (χ0v) is 4.89. The van der Waals surface area contributed by atoms with E-state index in [0.717, 1.165) is 0 Å². The van der Waals surface area contributed by atoms with Crippen LogP contribution in [0.4, 0.5) is 0 Å². The van der Waals surface area contributed by atoms with Gasteiger partial charge < -0.3 is 10.2 Å². The highest BCUT2D eigenvalue weighted by atomic mass is 16.3. The lowest BCUT2D eigenvalue weighted by Crippen LogP contribution is -1.73. The van der Waals surface area contributed by atoms with E-state index in [-0.39, 0.29) is 12.4 Å². The highest BCUT2D eigenvalue weighted by Crippen LogP contribution is 1.81. The molecule has 0 aromatic heterocycles. The van der Waals surface area contributed by atoms with E-state index in [1.54, 1.807) is 6.08 Å². The molecule has 0 aliphatic heterocycles. The summed E-state index contributed by atoms with van der Waals surface area (Å²) in [5.74, 6) is 0.151. The molecule has 0 spiro atoms. The van der Waals surface area contributed by atoms with Crippen molar-refractivity contribution in [2.24, 2.45) is 0 Å². The van der Waals surface area contributed by atoms with Gasteiger partial charge in [-0.05, 0) is 12.5 Å². The maximum atomic E-state index is 8.47. The van der Waals surface area contributed by atoms with Gasteiger partial charge in [0.2, 0.25) is 0 Å². The average molecular weight is 114 g/mol. The topological polar surface area (TPSA) is 40.5 Å². The highest BCUT2D eigenvalue weighted by Gasteiger charge is 1.71. The van der Waals surface area contributed by atoms with Crippen LogP contribution in [0.2, 0.25) is 0 Å². The lowest BCUT2D eigenvalue weighted by atomic mass is 10.4. The van der Waals surface area contributed by atoms with Gasteiger partial charge in [0.15, 0.2) is 0 Å². The Labute approximate surface area is 48.8 Å². The standard InChI is InChI=1S/C6H10O2/c1-6(8)4-2-3-5-7/h2,7-8H,3,5H2,1H3. The van der Waals surface area contributed by atoms with Crippen molar-refractivity contribution < 1.29 is 10.2 Å². The summed E-state index contributed by atoms with van der Waals surface area (Å²) in [6.07, 6.45) is 2.15. The van der Waals surface area contributed by atoms with Gasteiger partial charge in [0.05, 0.1) is 0 Å². The van der Waals surface area contributed by atoms with Crippen LogP contribution in [0, 0.1) is 0 Å². The maximum absolute atomic E-state index is 8.47. The van der Waals surface area contributed by atoms with E-state index in [1.807, 2.05) is 0 Å². The van der Waals surface area contributed by atoms with E-state index in [0.29, 0.717) is 6.42 Å². The van der Waals surface area contributed by atoms with E-state index < -0.39 is 0 Å². The van der Waals surface area contributed by atoms with Gasteiger partial charge in [0, 0.05) is 13.5 Å². The second-order valence-corrected chi connectivity index (χ2v) is 1.45. The Bertz CT molecular complexity index is 106. The van der Waals surface area contributed by atoms with Crippen molar-refractivity contribution in [3.63, 3.8) is 0 Å². The van der Waals surface area contributed by atoms with Crippen LogP contribution >= 0.6 is 0 Å². The zero-order valence-electron chi connectivity index (χ0n) is 4.89. The predicted octanol–water partition coefficient (Wildman–Crippen LogP) is 0.986. The molecule has 0 heterocycles. The molecule has 0 aromatic carbocycles. The fraction of sp³-hybridized carbons (Fsp3) is 0.500. The molecule has 0 bridgehead atoms. The van der Waals surface area contributed by atoms with Gasteiger partial charge in [0.1, 0.15) is 5.76 Å². The lowest BCUT2D eigenvalue weighted by molar-refractivity contribution is 0.302. The van der Waals surface area contributed by atoms with E-state index in [4.69, 9.17) is 10.2 Å². The molecule has 0 aliphatic rings. The summed E-state index contributed by atoms with van der Waals surface area (Å²) in [5.41, 5.74) is 2.53. The smallest absolute Gasteiger partial charge is 0.131 e. The van der Waals surface area contributed by atoms with Crippen molar-refractivity contribution in [2.45, 2.75) is 13.3 Å². The number of aliphatic hydroxyl groups excluding tert-OH is 2. The molecule has 0 aliphatic carbocycles. The van der Waals surface area contributed by atoms with Crippen molar-refractivity contribution in [2.75, 3.05) is 6.61 Å². The molecule has 0 aromatic rings. The number of hydrogen-bond donors (Lipinski definition) is 2. The van der Waals surface area contributed by atoms with Gasteiger partial charge in [-0.2, -0.15) is 0 Å². The largest absolute Gasteiger partial charge is 0.505 e. The van der Waals surface area contributed by atoms with Gasteiger partial charge in [0.25, 0.3) is 0 Å². The third-order valence-electron chi connectivity index (χ3n) is 0.584. The van der Waals surface area contributed by atoms with Gasteiger partial charge in [-0.1, -0.05) is 5.73 Å². The highest BCUT2D eigenvalue weighted by molar-refractivity contribution is 4.87. The third-order valence-corrected chi connectivity index (χ3v) is 0.584. The molecule has 0 saturated carbocycles. The summed E-state index contributed by atoms with van der Waals surface area (Å²) in [7, 11) is 0. The minimum Gasteiger partial charge on any atom is -0.505 e. The molecule has 8 heavy (non-hydrogen) atoms. The van der Waals surface area contributed by atoms with E-state index >= 15 is 0 Å². The second-order valence-electron chi connectivity index (χ2n) is 1.45. The molecule has 0 atom stereocenters. The molecule has 0 radical (unpaired) electrons. The second kappa shape index (κ2) is 4.44. The lowest BCUT2D eigenvalue weighted by Gasteiger charge is -1.78. The minimum absolute atomic E-state index is 0.111. The van der Waals surface area contributed by atoms with Crippen molar-refractivity contribution in [3.8, 4) is 0 Å². The van der Waals surface area contributed by atoms with Gasteiger partial charge in [-0.25, -0.2) is 0 Å². The van der Waals surface area contributed by atoms with Crippen molar-refractivity contribution in [1.82, 2.24) is 0 Å². The molecule has 0 rings (SSSR count). The predicted molar refractivity (Wildman–Crippen MR) is 31.6 cm³/mol. The molecule has 2 N–H and O–H groups in total. The van der Waals surface area contributed by atoms with Crippen molar-refractivity contribution in [1.29, 1.82) is 0 Å². The van der Waals surface area contributed by atoms with Crippen LogP contribution in [0.5, 0.6) is 0 Å².